The summed E-state index contributed by atoms with van der Waals surface area (Å²) in [4.78, 5) is 50.6. The number of hydrogen-bond donors (Lipinski definition) is 1. The molecule has 1 N–H and O–H groups in total. The molecule has 1 saturated carbocycles. The van der Waals surface area contributed by atoms with Gasteiger partial charge in [0.25, 0.3) is 11.8 Å². The van der Waals surface area contributed by atoms with Crippen molar-refractivity contribution in [2.24, 2.45) is 17.8 Å². The van der Waals surface area contributed by atoms with Crippen LogP contribution in [0, 0.1) is 29.6 Å². The zero-order valence-electron chi connectivity index (χ0n) is 19.7. The Labute approximate surface area is 213 Å². The average molecular weight is 529 g/mol. The normalized spacial score (nSPS) is 22.9. The first-order chi connectivity index (χ1) is 17.1. The fraction of sp³-hybridized carbons (Fsp3) is 0.739. The van der Waals surface area contributed by atoms with E-state index in [4.69, 9.17) is 14.2 Å². The lowest BCUT2D eigenvalue weighted by molar-refractivity contribution is -0.176. The maximum absolute atomic E-state index is 11.9. The highest BCUT2D eigenvalue weighted by Crippen LogP contribution is 2.52. The number of imide groups is 1. The molecule has 1 aliphatic heterocycles. The second-order valence-corrected chi connectivity index (χ2v) is 11.0. The van der Waals surface area contributed by atoms with Gasteiger partial charge in [0.2, 0.25) is 0 Å². The standard InChI is InChI=1S/C23H32N2O8S2/c26-20-8-9-21(27)25(20)33-23(29)31-13-15-35-34-14-12-30-11-5-10-24-22(28)32-16-19-17-6-3-1-2-4-7-18(17)19/h17-19H,3-16H2,(H,24,28). The van der Waals surface area contributed by atoms with Gasteiger partial charge in [-0.15, -0.1) is 11.8 Å². The second-order valence-electron chi connectivity index (χ2n) is 8.33. The molecule has 2 unspecified atom stereocenters. The summed E-state index contributed by atoms with van der Waals surface area (Å²) < 4.78 is 15.8. The van der Waals surface area contributed by atoms with Crippen LogP contribution in [0.15, 0.2) is 0 Å². The van der Waals surface area contributed by atoms with Gasteiger partial charge in [0.05, 0.1) is 13.2 Å². The molecule has 0 aromatic rings. The summed E-state index contributed by atoms with van der Waals surface area (Å²) >= 11 is 0. The summed E-state index contributed by atoms with van der Waals surface area (Å²) in [6, 6.07) is 0. The first-order valence-electron chi connectivity index (χ1n) is 11.9. The number of hydroxylamine groups is 2. The first-order valence-corrected chi connectivity index (χ1v) is 14.4. The van der Waals surface area contributed by atoms with E-state index in [1.54, 1.807) is 10.8 Å². The predicted octanol–water partition coefficient (Wildman–Crippen LogP) is 3.16. The second kappa shape index (κ2) is 15.1. The minimum atomic E-state index is -1.06. The quantitative estimate of drug-likeness (QED) is 0.118. The molecular weight excluding hydrogens is 496 g/mol. The summed E-state index contributed by atoms with van der Waals surface area (Å²) in [6.45, 7) is 2.22. The van der Waals surface area contributed by atoms with Crippen molar-refractivity contribution in [3.63, 3.8) is 0 Å². The van der Waals surface area contributed by atoms with E-state index in [9.17, 15) is 19.2 Å². The summed E-state index contributed by atoms with van der Waals surface area (Å²) in [5.74, 6) is 8.42. The van der Waals surface area contributed by atoms with Crippen LogP contribution >= 0.6 is 21.6 Å². The van der Waals surface area contributed by atoms with Crippen LogP contribution in [-0.2, 0) is 28.6 Å². The van der Waals surface area contributed by atoms with E-state index in [0.29, 0.717) is 61.4 Å². The Balaban J connectivity index is 1.05. The topological polar surface area (TPSA) is 120 Å². The van der Waals surface area contributed by atoms with Crippen molar-refractivity contribution in [2.45, 2.75) is 44.9 Å². The average Bonchev–Trinajstić information content (AvgIpc) is 3.37. The molecule has 1 saturated heterocycles. The van der Waals surface area contributed by atoms with Crippen LogP contribution in [0.4, 0.5) is 9.59 Å². The predicted molar refractivity (Wildman–Crippen MR) is 130 cm³/mol. The van der Waals surface area contributed by atoms with Crippen LogP contribution in [0.3, 0.4) is 0 Å². The van der Waals surface area contributed by atoms with Gasteiger partial charge in [0.1, 0.15) is 6.61 Å². The molecule has 3 amide bonds. The zero-order valence-corrected chi connectivity index (χ0v) is 21.3. The van der Waals surface area contributed by atoms with Crippen molar-refractivity contribution < 1.29 is 38.2 Å². The summed E-state index contributed by atoms with van der Waals surface area (Å²) in [7, 11) is 3.09. The molecule has 3 aliphatic rings. The molecule has 0 bridgehead atoms. The maximum Gasteiger partial charge on any atom is 0.533 e. The van der Waals surface area contributed by atoms with E-state index >= 15 is 0 Å². The van der Waals surface area contributed by atoms with E-state index < -0.39 is 18.0 Å². The number of alkyl carbamates (subject to hydrolysis) is 1. The van der Waals surface area contributed by atoms with E-state index in [-0.39, 0.29) is 25.5 Å². The minimum absolute atomic E-state index is 0.0432. The van der Waals surface area contributed by atoms with Crippen LogP contribution < -0.4 is 5.32 Å². The van der Waals surface area contributed by atoms with E-state index in [2.05, 4.69) is 22.0 Å². The number of ether oxygens (including phenoxy) is 3. The molecule has 2 fully saturated rings. The molecule has 35 heavy (non-hydrogen) atoms. The van der Waals surface area contributed by atoms with Crippen molar-refractivity contribution in [3.8, 4) is 11.8 Å². The molecule has 0 aromatic carbocycles. The number of fused-ring (bicyclic) bond motifs is 1. The summed E-state index contributed by atoms with van der Waals surface area (Å²) in [6.07, 6.45) is 3.52. The molecule has 0 radical (unpaired) electrons. The van der Waals surface area contributed by atoms with E-state index in [1.165, 1.54) is 10.8 Å². The smallest absolute Gasteiger partial charge is 0.449 e. The van der Waals surface area contributed by atoms with Gasteiger partial charge in [0.15, 0.2) is 0 Å². The third kappa shape index (κ3) is 9.82. The molecule has 1 heterocycles. The fourth-order valence-electron chi connectivity index (χ4n) is 4.10. The lowest BCUT2D eigenvalue weighted by Gasteiger charge is -2.12. The highest BCUT2D eigenvalue weighted by Gasteiger charge is 2.49. The molecule has 3 rings (SSSR count). The van der Waals surface area contributed by atoms with Gasteiger partial charge in [-0.05, 0) is 37.0 Å². The van der Waals surface area contributed by atoms with Gasteiger partial charge < -0.3 is 19.5 Å². The Morgan fingerprint density at radius 1 is 0.943 bits per heavy atom. The van der Waals surface area contributed by atoms with Gasteiger partial charge >= 0.3 is 12.2 Å². The SMILES string of the molecule is O=C(NCCCOCCSSCCOC(=O)ON1C(=O)CCC1=O)OCC1C2CCC#CCCC21. The first kappa shape index (κ1) is 27.5. The molecule has 194 valence electrons. The van der Waals surface area contributed by atoms with Crippen molar-refractivity contribution in [1.82, 2.24) is 10.4 Å². The van der Waals surface area contributed by atoms with Gasteiger partial charge in [-0.1, -0.05) is 26.7 Å². The monoisotopic (exact) mass is 528 g/mol. The third-order valence-electron chi connectivity index (χ3n) is 5.93. The lowest BCUT2D eigenvalue weighted by atomic mass is 10.1. The Morgan fingerprint density at radius 2 is 1.60 bits per heavy atom. The van der Waals surface area contributed by atoms with Crippen molar-refractivity contribution >= 4 is 45.7 Å². The Bertz CT molecular complexity index is 781. The van der Waals surface area contributed by atoms with Gasteiger partial charge in [0, 0.05) is 50.3 Å². The highest BCUT2D eigenvalue weighted by atomic mass is 33.1. The van der Waals surface area contributed by atoms with E-state index in [0.717, 1.165) is 31.4 Å². The number of hydrogen-bond acceptors (Lipinski definition) is 10. The molecule has 2 aliphatic carbocycles. The largest absolute Gasteiger partial charge is 0.533 e. The highest BCUT2D eigenvalue weighted by molar-refractivity contribution is 8.76. The molecule has 10 nitrogen and oxygen atoms in total. The molecule has 2 atom stereocenters. The Kier molecular flexibility index (Phi) is 11.9. The van der Waals surface area contributed by atoms with Crippen LogP contribution in [0.25, 0.3) is 0 Å². The number of nitrogens with one attached hydrogen (secondary N) is 1. The number of amides is 3. The minimum Gasteiger partial charge on any atom is -0.449 e. The van der Waals surface area contributed by atoms with Crippen LogP contribution in [0.2, 0.25) is 0 Å². The Hall–Kier alpha value is -2.10. The summed E-state index contributed by atoms with van der Waals surface area (Å²) in [5.41, 5.74) is 0. The number of nitrogens with zero attached hydrogens (tertiary/aromatic N) is 1. The van der Waals surface area contributed by atoms with Gasteiger partial charge in [-0.25, -0.2) is 9.59 Å². The molecule has 12 heteroatoms. The van der Waals surface area contributed by atoms with Gasteiger partial charge in [-0.3, -0.25) is 14.4 Å². The Morgan fingerprint density at radius 3 is 2.29 bits per heavy atom. The van der Waals surface area contributed by atoms with Crippen LogP contribution in [0.5, 0.6) is 0 Å². The lowest BCUT2D eigenvalue weighted by Crippen LogP contribution is -2.32. The fourth-order valence-corrected chi connectivity index (χ4v) is 5.79. The van der Waals surface area contributed by atoms with Crippen molar-refractivity contribution in [3.05, 3.63) is 0 Å². The van der Waals surface area contributed by atoms with Crippen molar-refractivity contribution in [1.29, 1.82) is 0 Å². The van der Waals surface area contributed by atoms with Crippen molar-refractivity contribution in [2.75, 3.05) is 44.5 Å². The molecule has 0 spiro atoms. The maximum atomic E-state index is 11.9. The number of carbonyl (C=O) groups is 4. The zero-order chi connectivity index (χ0) is 24.9. The van der Waals surface area contributed by atoms with Crippen LogP contribution in [0.1, 0.15) is 44.9 Å². The number of carbonyl (C=O) groups excluding carboxylic acids is 4. The molecular formula is C23H32N2O8S2. The van der Waals surface area contributed by atoms with Crippen LogP contribution in [-0.4, -0.2) is 73.6 Å². The summed E-state index contributed by atoms with van der Waals surface area (Å²) in [5, 5.41) is 3.22. The third-order valence-corrected chi connectivity index (χ3v) is 8.27. The number of rotatable bonds is 14. The van der Waals surface area contributed by atoms with Gasteiger partial charge in [-0.2, -0.15) is 0 Å². The molecule has 0 aromatic heterocycles. The van der Waals surface area contributed by atoms with E-state index in [1.807, 2.05) is 0 Å².